The van der Waals surface area contributed by atoms with Gasteiger partial charge < -0.3 is 19.1 Å². The van der Waals surface area contributed by atoms with E-state index >= 15 is 0 Å². The average molecular weight is 324 g/mol. The van der Waals surface area contributed by atoms with E-state index in [0.29, 0.717) is 17.2 Å². The summed E-state index contributed by atoms with van der Waals surface area (Å²) in [7, 11) is 6.83. The SMILES string of the molecule is COc1cc(N(C)c2cccc3ncccc23)cc(OC)c1OC. The molecule has 3 rings (SSSR count). The van der Waals surface area contributed by atoms with Crippen LogP contribution in [-0.2, 0) is 0 Å². The van der Waals surface area contributed by atoms with Crippen LogP contribution in [0.15, 0.2) is 48.7 Å². The molecule has 5 heteroatoms. The molecule has 0 fully saturated rings. The van der Waals surface area contributed by atoms with Gasteiger partial charge in [0.15, 0.2) is 11.5 Å². The number of anilines is 2. The average Bonchev–Trinajstić information content (AvgIpc) is 2.65. The van der Waals surface area contributed by atoms with Crippen molar-refractivity contribution in [2.45, 2.75) is 0 Å². The van der Waals surface area contributed by atoms with Gasteiger partial charge in [-0.2, -0.15) is 0 Å². The molecule has 0 unspecified atom stereocenters. The Balaban J connectivity index is 2.14. The summed E-state index contributed by atoms with van der Waals surface area (Å²) in [5.74, 6) is 1.82. The fourth-order valence-electron chi connectivity index (χ4n) is 2.78. The molecule has 0 bridgehead atoms. The summed E-state index contributed by atoms with van der Waals surface area (Å²) in [5, 5.41) is 1.08. The number of benzene rings is 2. The van der Waals surface area contributed by atoms with Gasteiger partial charge in [0, 0.05) is 36.5 Å². The highest BCUT2D eigenvalue weighted by atomic mass is 16.5. The summed E-state index contributed by atoms with van der Waals surface area (Å²) in [6.07, 6.45) is 1.80. The van der Waals surface area contributed by atoms with Crippen LogP contribution >= 0.6 is 0 Å². The lowest BCUT2D eigenvalue weighted by Crippen LogP contribution is -2.11. The van der Waals surface area contributed by atoms with Crippen LogP contribution in [-0.4, -0.2) is 33.4 Å². The van der Waals surface area contributed by atoms with Crippen molar-refractivity contribution in [1.82, 2.24) is 4.98 Å². The van der Waals surface area contributed by atoms with Crippen molar-refractivity contribution in [3.8, 4) is 17.2 Å². The number of nitrogens with zero attached hydrogens (tertiary/aromatic N) is 2. The zero-order valence-electron chi connectivity index (χ0n) is 14.2. The molecular formula is C19H20N2O3. The Morgan fingerprint density at radius 2 is 1.58 bits per heavy atom. The van der Waals surface area contributed by atoms with Crippen LogP contribution in [0.1, 0.15) is 0 Å². The molecule has 0 N–H and O–H groups in total. The van der Waals surface area contributed by atoms with Gasteiger partial charge in [0.1, 0.15) is 0 Å². The molecule has 124 valence electrons. The maximum atomic E-state index is 5.45. The maximum absolute atomic E-state index is 5.45. The summed E-state index contributed by atoms with van der Waals surface area (Å²) in [6.45, 7) is 0. The van der Waals surface area contributed by atoms with Gasteiger partial charge in [-0.1, -0.05) is 6.07 Å². The van der Waals surface area contributed by atoms with Crippen LogP contribution in [0.25, 0.3) is 10.9 Å². The minimum atomic E-state index is 0.580. The quantitative estimate of drug-likeness (QED) is 0.709. The number of methoxy groups -OCH3 is 3. The summed E-state index contributed by atoms with van der Waals surface area (Å²) in [6, 6.07) is 13.9. The molecule has 0 amide bonds. The maximum Gasteiger partial charge on any atom is 0.203 e. The van der Waals surface area contributed by atoms with Crippen molar-refractivity contribution in [2.24, 2.45) is 0 Å². The van der Waals surface area contributed by atoms with Crippen LogP contribution in [0.3, 0.4) is 0 Å². The molecule has 0 saturated carbocycles. The van der Waals surface area contributed by atoms with Crippen LogP contribution in [0.4, 0.5) is 11.4 Å². The number of pyridine rings is 1. The minimum Gasteiger partial charge on any atom is -0.493 e. The van der Waals surface area contributed by atoms with Crippen molar-refractivity contribution < 1.29 is 14.2 Å². The molecule has 0 spiro atoms. The van der Waals surface area contributed by atoms with Gasteiger partial charge in [-0.3, -0.25) is 4.98 Å². The van der Waals surface area contributed by atoms with Gasteiger partial charge in [-0.15, -0.1) is 0 Å². The molecule has 1 heterocycles. The molecule has 0 saturated heterocycles. The lowest BCUT2D eigenvalue weighted by atomic mass is 10.1. The second-order valence-corrected chi connectivity index (χ2v) is 5.29. The number of hydrogen-bond acceptors (Lipinski definition) is 5. The van der Waals surface area contributed by atoms with E-state index in [9.17, 15) is 0 Å². The Hall–Kier alpha value is -2.95. The molecule has 0 atom stereocenters. The first-order valence-electron chi connectivity index (χ1n) is 7.57. The summed E-state index contributed by atoms with van der Waals surface area (Å²) >= 11 is 0. The highest BCUT2D eigenvalue weighted by Crippen LogP contribution is 2.42. The van der Waals surface area contributed by atoms with Gasteiger partial charge in [0.25, 0.3) is 0 Å². The van der Waals surface area contributed by atoms with E-state index in [0.717, 1.165) is 22.3 Å². The summed E-state index contributed by atoms with van der Waals surface area (Å²) in [5.41, 5.74) is 2.94. The van der Waals surface area contributed by atoms with Crippen LogP contribution in [0, 0.1) is 0 Å². The predicted octanol–water partition coefficient (Wildman–Crippen LogP) is 4.03. The topological polar surface area (TPSA) is 43.8 Å². The lowest BCUT2D eigenvalue weighted by molar-refractivity contribution is 0.324. The number of rotatable bonds is 5. The Morgan fingerprint density at radius 1 is 0.875 bits per heavy atom. The van der Waals surface area contributed by atoms with E-state index in [1.54, 1.807) is 27.5 Å². The largest absolute Gasteiger partial charge is 0.493 e. The van der Waals surface area contributed by atoms with E-state index in [1.807, 2.05) is 37.4 Å². The molecule has 1 aromatic heterocycles. The molecule has 0 aliphatic heterocycles. The Labute approximate surface area is 141 Å². The van der Waals surface area contributed by atoms with Crippen LogP contribution < -0.4 is 19.1 Å². The van der Waals surface area contributed by atoms with Crippen molar-refractivity contribution in [2.75, 3.05) is 33.3 Å². The molecule has 0 aliphatic rings. The number of hydrogen-bond donors (Lipinski definition) is 0. The Bertz CT molecular complexity index is 834. The fourth-order valence-corrected chi connectivity index (χ4v) is 2.78. The monoisotopic (exact) mass is 324 g/mol. The number of fused-ring (bicyclic) bond motifs is 1. The zero-order chi connectivity index (χ0) is 17.1. The second kappa shape index (κ2) is 6.66. The van der Waals surface area contributed by atoms with E-state index in [4.69, 9.17) is 14.2 Å². The highest BCUT2D eigenvalue weighted by molar-refractivity contribution is 5.93. The first kappa shape index (κ1) is 15.9. The first-order valence-corrected chi connectivity index (χ1v) is 7.57. The minimum absolute atomic E-state index is 0.580. The third kappa shape index (κ3) is 2.69. The van der Waals surface area contributed by atoms with E-state index in [2.05, 4.69) is 22.0 Å². The van der Waals surface area contributed by atoms with Crippen LogP contribution in [0.2, 0.25) is 0 Å². The summed E-state index contributed by atoms with van der Waals surface area (Å²) < 4.78 is 16.3. The van der Waals surface area contributed by atoms with Gasteiger partial charge >= 0.3 is 0 Å². The van der Waals surface area contributed by atoms with Gasteiger partial charge in [0.05, 0.1) is 32.5 Å². The van der Waals surface area contributed by atoms with Gasteiger partial charge in [-0.05, 0) is 24.3 Å². The first-order chi connectivity index (χ1) is 11.7. The standard InChI is InChI=1S/C19H20N2O3/c1-21(16-9-5-8-15-14(16)7-6-10-20-15)13-11-17(22-2)19(24-4)18(12-13)23-3/h5-12H,1-4H3. The third-order valence-electron chi connectivity index (χ3n) is 4.02. The predicted molar refractivity (Wildman–Crippen MR) is 95.9 cm³/mol. The number of aromatic nitrogens is 1. The molecule has 3 aromatic rings. The Kier molecular flexibility index (Phi) is 4.42. The zero-order valence-corrected chi connectivity index (χ0v) is 14.2. The van der Waals surface area contributed by atoms with E-state index in [1.165, 1.54) is 0 Å². The van der Waals surface area contributed by atoms with Gasteiger partial charge in [0.2, 0.25) is 5.75 Å². The van der Waals surface area contributed by atoms with Crippen molar-refractivity contribution in [3.63, 3.8) is 0 Å². The third-order valence-corrected chi connectivity index (χ3v) is 4.02. The fraction of sp³-hybridized carbons (Fsp3) is 0.211. The van der Waals surface area contributed by atoms with Crippen molar-refractivity contribution in [3.05, 3.63) is 48.7 Å². The summed E-state index contributed by atoms with van der Waals surface area (Å²) in [4.78, 5) is 6.49. The highest BCUT2D eigenvalue weighted by Gasteiger charge is 2.16. The molecule has 5 nitrogen and oxygen atoms in total. The normalized spacial score (nSPS) is 10.5. The van der Waals surface area contributed by atoms with Crippen molar-refractivity contribution >= 4 is 22.3 Å². The van der Waals surface area contributed by atoms with Crippen molar-refractivity contribution in [1.29, 1.82) is 0 Å². The van der Waals surface area contributed by atoms with Crippen LogP contribution in [0.5, 0.6) is 17.2 Å². The van der Waals surface area contributed by atoms with E-state index in [-0.39, 0.29) is 0 Å². The molecular weight excluding hydrogens is 304 g/mol. The number of ether oxygens (including phenoxy) is 3. The van der Waals surface area contributed by atoms with E-state index < -0.39 is 0 Å². The molecule has 0 aliphatic carbocycles. The smallest absolute Gasteiger partial charge is 0.203 e. The van der Waals surface area contributed by atoms with Gasteiger partial charge in [-0.25, -0.2) is 0 Å². The molecule has 24 heavy (non-hydrogen) atoms. The Morgan fingerprint density at radius 3 is 2.21 bits per heavy atom. The second-order valence-electron chi connectivity index (χ2n) is 5.29. The lowest BCUT2D eigenvalue weighted by Gasteiger charge is -2.23. The molecule has 2 aromatic carbocycles. The molecule has 0 radical (unpaired) electrons.